The minimum atomic E-state index is -3.65. The third-order valence-corrected chi connectivity index (χ3v) is 6.72. The minimum absolute atomic E-state index is 0.00263. The molecule has 1 aliphatic carbocycles. The molecule has 1 atom stereocenters. The van der Waals surface area contributed by atoms with Crippen molar-refractivity contribution in [2.24, 2.45) is 0 Å². The van der Waals surface area contributed by atoms with Crippen molar-refractivity contribution in [3.8, 4) is 0 Å². The molecule has 1 amide bonds. The fourth-order valence-electron chi connectivity index (χ4n) is 3.92. The molecule has 2 aromatic carbocycles. The number of rotatable bonds is 8. The normalized spacial score (nSPS) is 14.6. The summed E-state index contributed by atoms with van der Waals surface area (Å²) >= 11 is 0. The lowest BCUT2D eigenvalue weighted by Crippen LogP contribution is -2.33. The van der Waals surface area contributed by atoms with Crippen LogP contribution in [0.5, 0.6) is 0 Å². The van der Waals surface area contributed by atoms with E-state index in [4.69, 9.17) is 0 Å². The molecule has 0 heterocycles. The largest absolute Gasteiger partial charge is 0.350 e. The maximum atomic E-state index is 14.1. The smallest absolute Gasteiger partial charge is 0.232 e. The van der Waals surface area contributed by atoms with Gasteiger partial charge in [0.25, 0.3) is 0 Å². The molecule has 0 saturated carbocycles. The van der Waals surface area contributed by atoms with E-state index in [0.717, 1.165) is 29.0 Å². The first-order valence-corrected chi connectivity index (χ1v) is 12.2. The molecule has 0 spiro atoms. The summed E-state index contributed by atoms with van der Waals surface area (Å²) in [7, 11) is -3.65. The molecule has 3 rings (SSSR count). The number of nitrogens with one attached hydrogen (secondary N) is 1. The Kier molecular flexibility index (Phi) is 7.13. The molecule has 0 unspecified atom stereocenters. The van der Waals surface area contributed by atoms with Gasteiger partial charge >= 0.3 is 0 Å². The number of hydrogen-bond donors (Lipinski definition) is 1. The molecule has 0 fully saturated rings. The first-order valence-electron chi connectivity index (χ1n) is 10.4. The number of anilines is 1. The van der Waals surface area contributed by atoms with E-state index >= 15 is 0 Å². The van der Waals surface area contributed by atoms with Crippen LogP contribution < -0.4 is 9.62 Å². The van der Waals surface area contributed by atoms with Gasteiger partial charge in [-0.15, -0.1) is 0 Å². The number of amides is 1. The second-order valence-electron chi connectivity index (χ2n) is 7.91. The Morgan fingerprint density at radius 3 is 2.53 bits per heavy atom. The predicted molar refractivity (Wildman–Crippen MR) is 117 cm³/mol. The van der Waals surface area contributed by atoms with Crippen LogP contribution in [0.25, 0.3) is 0 Å². The lowest BCUT2D eigenvalue weighted by atomic mass is 9.89. The van der Waals surface area contributed by atoms with Crippen LogP contribution in [-0.2, 0) is 27.7 Å². The zero-order valence-corrected chi connectivity index (χ0v) is 18.3. The molecule has 0 radical (unpaired) electrons. The van der Waals surface area contributed by atoms with Crippen LogP contribution in [0.15, 0.2) is 42.5 Å². The van der Waals surface area contributed by atoms with E-state index < -0.39 is 15.8 Å². The summed E-state index contributed by atoms with van der Waals surface area (Å²) in [6.45, 7) is 1.99. The van der Waals surface area contributed by atoms with E-state index in [1.165, 1.54) is 42.2 Å². The molecular formula is C23H29FN2O3S. The van der Waals surface area contributed by atoms with Gasteiger partial charge in [0.05, 0.1) is 18.0 Å². The van der Waals surface area contributed by atoms with E-state index in [-0.39, 0.29) is 30.6 Å². The third-order valence-electron chi connectivity index (χ3n) is 5.54. The fourth-order valence-corrected chi connectivity index (χ4v) is 4.89. The first kappa shape index (κ1) is 22.3. The molecular weight excluding hydrogens is 403 g/mol. The van der Waals surface area contributed by atoms with Crippen molar-refractivity contribution in [2.45, 2.75) is 51.5 Å². The van der Waals surface area contributed by atoms with Gasteiger partial charge in [-0.3, -0.25) is 9.10 Å². The van der Waals surface area contributed by atoms with Crippen molar-refractivity contribution < 1.29 is 17.6 Å². The molecule has 2 aromatic rings. The van der Waals surface area contributed by atoms with Crippen LogP contribution in [0.4, 0.5) is 10.1 Å². The van der Waals surface area contributed by atoms with Gasteiger partial charge in [-0.25, -0.2) is 12.8 Å². The zero-order valence-electron chi connectivity index (χ0n) is 17.5. The van der Waals surface area contributed by atoms with Crippen molar-refractivity contribution in [1.82, 2.24) is 5.32 Å². The highest BCUT2D eigenvalue weighted by molar-refractivity contribution is 7.92. The first-order chi connectivity index (χ1) is 14.3. The topological polar surface area (TPSA) is 66.5 Å². The number of carbonyl (C=O) groups is 1. The number of nitrogens with zero attached hydrogens (tertiary/aromatic N) is 1. The molecule has 0 aliphatic heterocycles. The van der Waals surface area contributed by atoms with Crippen molar-refractivity contribution in [2.75, 3.05) is 17.1 Å². The Hall–Kier alpha value is -2.41. The van der Waals surface area contributed by atoms with Crippen LogP contribution in [-0.4, -0.2) is 27.1 Å². The van der Waals surface area contributed by atoms with Crippen LogP contribution in [0.2, 0.25) is 0 Å². The van der Waals surface area contributed by atoms with Gasteiger partial charge in [0.2, 0.25) is 15.9 Å². The molecule has 7 heteroatoms. The van der Waals surface area contributed by atoms with E-state index in [9.17, 15) is 17.6 Å². The maximum Gasteiger partial charge on any atom is 0.232 e. The van der Waals surface area contributed by atoms with Crippen molar-refractivity contribution in [1.29, 1.82) is 0 Å². The average Bonchev–Trinajstić information content (AvgIpc) is 2.70. The molecule has 30 heavy (non-hydrogen) atoms. The van der Waals surface area contributed by atoms with Crippen LogP contribution in [0, 0.1) is 5.82 Å². The van der Waals surface area contributed by atoms with Crippen LogP contribution >= 0.6 is 0 Å². The number of para-hydroxylation sites is 1. The Labute approximate surface area is 178 Å². The van der Waals surface area contributed by atoms with Crippen molar-refractivity contribution in [3.05, 3.63) is 65.0 Å². The highest BCUT2D eigenvalue weighted by atomic mass is 32.2. The minimum Gasteiger partial charge on any atom is -0.350 e. The molecule has 1 aliphatic rings. The number of benzene rings is 2. The van der Waals surface area contributed by atoms with Crippen LogP contribution in [0.3, 0.4) is 0 Å². The Bertz CT molecular complexity index is 1010. The van der Waals surface area contributed by atoms with Gasteiger partial charge in [0, 0.05) is 13.0 Å². The second-order valence-corrected chi connectivity index (χ2v) is 9.82. The zero-order chi connectivity index (χ0) is 21.7. The summed E-state index contributed by atoms with van der Waals surface area (Å²) in [5.74, 6) is -0.754. The summed E-state index contributed by atoms with van der Waals surface area (Å²) in [5.41, 5.74) is 3.85. The lowest BCUT2D eigenvalue weighted by molar-refractivity contribution is -0.121. The number of sulfonamides is 1. The standard InChI is InChI=1S/C23H29FN2O3S/c1-17(19-14-13-18-8-3-4-9-20(18)16-19)25-23(27)12-7-15-26(30(2,28)29)22-11-6-5-10-21(22)24/h5-6,10-11,13-14,16-17H,3-4,7-9,12,15H2,1-2H3,(H,25,27)/t17-/m1/s1. The SMILES string of the molecule is C[C@@H](NC(=O)CCCN(c1ccccc1F)S(C)(=O)=O)c1ccc2c(c1)CCCC2. The molecule has 0 aromatic heterocycles. The van der Waals surface area contributed by atoms with E-state index in [2.05, 4.69) is 23.5 Å². The summed E-state index contributed by atoms with van der Waals surface area (Å²) in [4.78, 5) is 12.4. The van der Waals surface area contributed by atoms with Crippen molar-refractivity contribution in [3.63, 3.8) is 0 Å². The lowest BCUT2D eigenvalue weighted by Gasteiger charge is -2.23. The Morgan fingerprint density at radius 2 is 1.83 bits per heavy atom. The predicted octanol–water partition coefficient (Wildman–Crippen LogP) is 4.13. The highest BCUT2D eigenvalue weighted by Crippen LogP contribution is 2.25. The van der Waals surface area contributed by atoms with Gasteiger partial charge in [-0.1, -0.05) is 30.3 Å². The summed E-state index contributed by atoms with van der Waals surface area (Å²) in [6.07, 6.45) is 6.14. The number of fused-ring (bicyclic) bond motifs is 1. The van der Waals surface area contributed by atoms with Gasteiger partial charge in [-0.2, -0.15) is 0 Å². The van der Waals surface area contributed by atoms with E-state index in [1.54, 1.807) is 6.07 Å². The summed E-state index contributed by atoms with van der Waals surface area (Å²) in [5, 5.41) is 2.99. The maximum absolute atomic E-state index is 14.1. The molecule has 1 N–H and O–H groups in total. The number of halogens is 1. The van der Waals surface area contributed by atoms with Gasteiger partial charge in [-0.05, 0) is 67.9 Å². The summed E-state index contributed by atoms with van der Waals surface area (Å²) < 4.78 is 39.3. The van der Waals surface area contributed by atoms with Crippen LogP contribution in [0.1, 0.15) is 55.3 Å². The molecule has 0 bridgehead atoms. The van der Waals surface area contributed by atoms with Crippen molar-refractivity contribution >= 4 is 21.6 Å². The number of hydrogen-bond acceptors (Lipinski definition) is 3. The fraction of sp³-hybridized carbons (Fsp3) is 0.435. The third kappa shape index (κ3) is 5.59. The number of carbonyl (C=O) groups excluding carboxylic acids is 1. The molecule has 5 nitrogen and oxygen atoms in total. The Morgan fingerprint density at radius 1 is 1.13 bits per heavy atom. The molecule has 162 valence electrons. The van der Waals surface area contributed by atoms with E-state index in [0.29, 0.717) is 6.42 Å². The van der Waals surface area contributed by atoms with Gasteiger partial charge in [0.1, 0.15) is 5.82 Å². The highest BCUT2D eigenvalue weighted by Gasteiger charge is 2.21. The Balaban J connectivity index is 1.56. The molecule has 0 saturated heterocycles. The number of aryl methyl sites for hydroxylation is 2. The second kappa shape index (κ2) is 9.60. The summed E-state index contributed by atoms with van der Waals surface area (Å²) in [6, 6.07) is 12.0. The van der Waals surface area contributed by atoms with E-state index in [1.807, 2.05) is 6.92 Å². The average molecular weight is 433 g/mol. The monoisotopic (exact) mass is 432 g/mol. The quantitative estimate of drug-likeness (QED) is 0.682. The van der Waals surface area contributed by atoms with Gasteiger partial charge in [0.15, 0.2) is 0 Å². The van der Waals surface area contributed by atoms with Gasteiger partial charge < -0.3 is 5.32 Å².